The minimum Gasteiger partial charge on any atom is -0.338 e. The molecule has 2 rings (SSSR count). The summed E-state index contributed by atoms with van der Waals surface area (Å²) >= 11 is 0. The van der Waals surface area contributed by atoms with Crippen molar-refractivity contribution in [2.45, 2.75) is 27.7 Å². The van der Waals surface area contributed by atoms with Crippen molar-refractivity contribution in [3.8, 4) is 0 Å². The predicted octanol–water partition coefficient (Wildman–Crippen LogP) is 2.07. The van der Waals surface area contributed by atoms with Gasteiger partial charge in [0.1, 0.15) is 11.6 Å². The van der Waals surface area contributed by atoms with Gasteiger partial charge in [-0.2, -0.15) is 0 Å². The highest BCUT2D eigenvalue weighted by Gasteiger charge is 1.93. The summed E-state index contributed by atoms with van der Waals surface area (Å²) in [5, 5.41) is 0. The third-order valence-electron chi connectivity index (χ3n) is 2.68. The Morgan fingerprint density at radius 2 is 1.62 bits per heavy atom. The first-order valence-electron chi connectivity index (χ1n) is 5.33. The second kappa shape index (κ2) is 4.96. The van der Waals surface area contributed by atoms with Gasteiger partial charge in [-0.05, 0) is 27.7 Å². The van der Waals surface area contributed by atoms with E-state index in [0.717, 1.165) is 17.3 Å². The molecule has 2 aromatic heterocycles. The normalized spacial score (nSPS) is 9.88. The zero-order valence-corrected chi connectivity index (χ0v) is 10.9. The molecule has 0 saturated heterocycles. The van der Waals surface area contributed by atoms with Crippen LogP contribution in [-0.4, -0.2) is 19.1 Å². The van der Waals surface area contributed by atoms with Gasteiger partial charge in [-0.15, -0.1) is 0 Å². The molecule has 0 aliphatic carbocycles. The summed E-state index contributed by atoms with van der Waals surface area (Å²) in [6, 6.07) is 0. The van der Waals surface area contributed by atoms with E-state index in [0.29, 0.717) is 0 Å². The van der Waals surface area contributed by atoms with Gasteiger partial charge in [-0.25, -0.2) is 9.97 Å². The molecular formula is C12H20N4. The van der Waals surface area contributed by atoms with Crippen molar-refractivity contribution in [3.63, 3.8) is 0 Å². The van der Waals surface area contributed by atoms with E-state index in [-0.39, 0.29) is 0 Å². The molecule has 0 amide bonds. The lowest BCUT2D eigenvalue weighted by Gasteiger charge is -1.93. The van der Waals surface area contributed by atoms with Crippen LogP contribution in [-0.2, 0) is 14.1 Å². The van der Waals surface area contributed by atoms with Gasteiger partial charge in [-0.1, -0.05) is 0 Å². The third kappa shape index (κ3) is 2.95. The van der Waals surface area contributed by atoms with Gasteiger partial charge in [0.2, 0.25) is 0 Å². The SMILES string of the molecule is Cc1cn(C)c(C)n1.Cc1cnc(C)n1C. The number of imidazole rings is 2. The first-order chi connectivity index (χ1) is 7.41. The Morgan fingerprint density at radius 3 is 1.75 bits per heavy atom. The quantitative estimate of drug-likeness (QED) is 0.681. The maximum atomic E-state index is 4.17. The summed E-state index contributed by atoms with van der Waals surface area (Å²) in [6.07, 6.45) is 3.88. The van der Waals surface area contributed by atoms with Gasteiger partial charge < -0.3 is 9.13 Å². The second-order valence-corrected chi connectivity index (χ2v) is 4.05. The smallest absolute Gasteiger partial charge is 0.105 e. The molecule has 0 unspecified atom stereocenters. The molecule has 0 atom stereocenters. The molecule has 4 nitrogen and oxygen atoms in total. The van der Waals surface area contributed by atoms with Gasteiger partial charge in [0.25, 0.3) is 0 Å². The van der Waals surface area contributed by atoms with Crippen LogP contribution in [0.2, 0.25) is 0 Å². The number of rotatable bonds is 0. The van der Waals surface area contributed by atoms with E-state index >= 15 is 0 Å². The Kier molecular flexibility index (Phi) is 3.88. The van der Waals surface area contributed by atoms with E-state index in [9.17, 15) is 0 Å². The molecule has 16 heavy (non-hydrogen) atoms. The minimum atomic E-state index is 1.07. The van der Waals surface area contributed by atoms with Crippen molar-refractivity contribution in [1.82, 2.24) is 19.1 Å². The lowest BCUT2D eigenvalue weighted by molar-refractivity contribution is 0.827. The summed E-state index contributed by atoms with van der Waals surface area (Å²) < 4.78 is 4.06. The average molecular weight is 220 g/mol. The molecule has 2 heterocycles. The monoisotopic (exact) mass is 220 g/mol. The molecule has 0 spiro atoms. The Morgan fingerprint density at radius 1 is 1.00 bits per heavy atom. The Balaban J connectivity index is 0.000000160. The molecule has 4 heteroatoms. The van der Waals surface area contributed by atoms with Crippen LogP contribution in [0, 0.1) is 27.7 Å². The molecule has 0 N–H and O–H groups in total. The van der Waals surface area contributed by atoms with Gasteiger partial charge >= 0.3 is 0 Å². The standard InChI is InChI=1S/2C6H10N2/c1-5-4-8(3)6(2)7-5;1-5-4-7-6(2)8(5)3/h2*4H,1-3H3. The molecule has 0 aromatic carbocycles. The van der Waals surface area contributed by atoms with Crippen molar-refractivity contribution < 1.29 is 0 Å². The van der Waals surface area contributed by atoms with Crippen LogP contribution in [0.1, 0.15) is 23.0 Å². The molecule has 0 aliphatic rings. The molecule has 0 bridgehead atoms. The number of hydrogen-bond donors (Lipinski definition) is 0. The van der Waals surface area contributed by atoms with Gasteiger partial charge in [-0.3, -0.25) is 0 Å². The first kappa shape index (κ1) is 12.5. The van der Waals surface area contributed by atoms with Crippen LogP contribution < -0.4 is 0 Å². The minimum absolute atomic E-state index is 1.07. The summed E-state index contributed by atoms with van der Waals surface area (Å²) in [4.78, 5) is 8.25. The summed E-state index contributed by atoms with van der Waals surface area (Å²) in [5.74, 6) is 2.14. The van der Waals surface area contributed by atoms with Crippen LogP contribution in [0.4, 0.5) is 0 Å². The Hall–Kier alpha value is -1.58. The highest BCUT2D eigenvalue weighted by Crippen LogP contribution is 1.97. The van der Waals surface area contributed by atoms with Crippen molar-refractivity contribution in [2.24, 2.45) is 14.1 Å². The van der Waals surface area contributed by atoms with E-state index in [2.05, 4.69) is 14.5 Å². The van der Waals surface area contributed by atoms with E-state index in [1.807, 2.05) is 58.8 Å². The van der Waals surface area contributed by atoms with Gasteiger partial charge in [0, 0.05) is 32.2 Å². The number of nitrogens with zero attached hydrogens (tertiary/aromatic N) is 4. The van der Waals surface area contributed by atoms with E-state index in [4.69, 9.17) is 0 Å². The maximum Gasteiger partial charge on any atom is 0.105 e. The van der Waals surface area contributed by atoms with Crippen molar-refractivity contribution in [1.29, 1.82) is 0 Å². The van der Waals surface area contributed by atoms with Gasteiger partial charge in [0.15, 0.2) is 0 Å². The number of aromatic nitrogens is 4. The second-order valence-electron chi connectivity index (χ2n) is 4.05. The molecule has 0 saturated carbocycles. The summed E-state index contributed by atoms with van der Waals surface area (Å²) in [6.45, 7) is 8.02. The summed E-state index contributed by atoms with van der Waals surface area (Å²) in [7, 11) is 4.01. The van der Waals surface area contributed by atoms with E-state index in [1.165, 1.54) is 5.69 Å². The fourth-order valence-corrected chi connectivity index (χ4v) is 1.35. The maximum absolute atomic E-state index is 4.17. The molecule has 0 aliphatic heterocycles. The topological polar surface area (TPSA) is 35.6 Å². The summed E-state index contributed by atoms with van der Waals surface area (Å²) in [5.41, 5.74) is 2.30. The van der Waals surface area contributed by atoms with E-state index < -0.39 is 0 Å². The molecule has 0 radical (unpaired) electrons. The lowest BCUT2D eigenvalue weighted by Crippen LogP contribution is -1.92. The zero-order chi connectivity index (χ0) is 12.3. The van der Waals surface area contributed by atoms with Gasteiger partial charge in [0.05, 0.1) is 5.69 Å². The number of hydrogen-bond acceptors (Lipinski definition) is 2. The highest BCUT2D eigenvalue weighted by atomic mass is 15.0. The largest absolute Gasteiger partial charge is 0.338 e. The Labute approximate surface area is 97.0 Å². The van der Waals surface area contributed by atoms with E-state index in [1.54, 1.807) is 0 Å². The van der Waals surface area contributed by atoms with Crippen LogP contribution in [0.15, 0.2) is 12.4 Å². The highest BCUT2D eigenvalue weighted by molar-refractivity contribution is 5.00. The first-order valence-corrected chi connectivity index (χ1v) is 5.33. The molecule has 2 aromatic rings. The third-order valence-corrected chi connectivity index (χ3v) is 2.68. The average Bonchev–Trinajstić information content (AvgIpc) is 2.65. The zero-order valence-electron chi connectivity index (χ0n) is 10.9. The lowest BCUT2D eigenvalue weighted by atomic mass is 10.5. The molecular weight excluding hydrogens is 200 g/mol. The van der Waals surface area contributed by atoms with Crippen LogP contribution >= 0.6 is 0 Å². The fraction of sp³-hybridized carbons (Fsp3) is 0.500. The molecule has 0 fully saturated rings. The predicted molar refractivity (Wildman–Crippen MR) is 65.4 cm³/mol. The fourth-order valence-electron chi connectivity index (χ4n) is 1.35. The van der Waals surface area contributed by atoms with Crippen molar-refractivity contribution >= 4 is 0 Å². The van der Waals surface area contributed by atoms with Crippen LogP contribution in [0.3, 0.4) is 0 Å². The van der Waals surface area contributed by atoms with Crippen LogP contribution in [0.5, 0.6) is 0 Å². The number of aryl methyl sites for hydroxylation is 5. The van der Waals surface area contributed by atoms with Crippen LogP contribution in [0.25, 0.3) is 0 Å². The molecule has 88 valence electrons. The van der Waals surface area contributed by atoms with Crippen molar-refractivity contribution in [3.05, 3.63) is 35.4 Å². The Bertz CT molecular complexity index is 426. The van der Waals surface area contributed by atoms with Crippen molar-refractivity contribution in [2.75, 3.05) is 0 Å².